The number of nitrogens with one attached hydrogen (secondary N) is 4. The van der Waals surface area contributed by atoms with Crippen LogP contribution in [0.1, 0.15) is 67.7 Å². The van der Waals surface area contributed by atoms with Crippen molar-refractivity contribution in [2.24, 2.45) is 0 Å². The molecule has 0 saturated heterocycles. The Hall–Kier alpha value is -4.03. The van der Waals surface area contributed by atoms with Crippen LogP contribution >= 0.6 is 0 Å². The molecule has 1 amide bonds. The van der Waals surface area contributed by atoms with Gasteiger partial charge in [-0.15, -0.1) is 5.53 Å². The Kier molecular flexibility index (Phi) is 7.03. The van der Waals surface area contributed by atoms with Gasteiger partial charge in [-0.2, -0.15) is 0 Å². The van der Waals surface area contributed by atoms with Crippen molar-refractivity contribution < 1.29 is 17.9 Å². The van der Waals surface area contributed by atoms with Crippen LogP contribution < -0.4 is 30.7 Å². The molecule has 1 aliphatic carbocycles. The lowest BCUT2D eigenvalue weighted by Gasteiger charge is -2.23. The lowest BCUT2D eigenvalue weighted by atomic mass is 9.96. The Labute approximate surface area is 241 Å². The highest BCUT2D eigenvalue weighted by Gasteiger charge is 2.40. The van der Waals surface area contributed by atoms with Gasteiger partial charge in [-0.25, -0.2) is 13.4 Å². The van der Waals surface area contributed by atoms with Crippen LogP contribution in [0.5, 0.6) is 5.75 Å². The van der Waals surface area contributed by atoms with E-state index in [-0.39, 0.29) is 22.6 Å². The van der Waals surface area contributed by atoms with E-state index in [1.54, 1.807) is 24.5 Å². The summed E-state index contributed by atoms with van der Waals surface area (Å²) in [6.45, 7) is 10.4. The second-order valence-electron chi connectivity index (χ2n) is 12.0. The summed E-state index contributed by atoms with van der Waals surface area (Å²) in [6, 6.07) is 9.09. The zero-order valence-electron chi connectivity index (χ0n) is 24.4. The van der Waals surface area contributed by atoms with Crippen molar-refractivity contribution in [3.8, 4) is 5.75 Å². The Balaban J connectivity index is 1.45. The third kappa shape index (κ3) is 5.89. The summed E-state index contributed by atoms with van der Waals surface area (Å²) in [7, 11) is -2.13. The van der Waals surface area contributed by atoms with E-state index in [0.717, 1.165) is 47.3 Å². The summed E-state index contributed by atoms with van der Waals surface area (Å²) < 4.78 is 34.4. The molecule has 2 heterocycles. The standard InChI is InChI=1S/C29H37N7O4S/c1-18-8-9-19(12-24(18)36-16-23(32-34-36)25-15-30-17-35(25)28(2,3)4)27(37)31-21-13-20(29(5)10-11-29)14-22(26(21)40-6)33-41(7,38)39/h8-9,12-17,32-34H,10-11H2,1-7H3,(H,31,37). The number of aryl methyl sites for hydroxylation is 1. The fourth-order valence-electron chi connectivity index (χ4n) is 4.85. The van der Waals surface area contributed by atoms with Gasteiger partial charge in [-0.3, -0.25) is 20.0 Å². The molecule has 11 nitrogen and oxygen atoms in total. The summed E-state index contributed by atoms with van der Waals surface area (Å²) in [4.78, 5) is 17.9. The molecule has 218 valence electrons. The van der Waals surface area contributed by atoms with Gasteiger partial charge >= 0.3 is 0 Å². The SMILES string of the molecule is COc1c(NC(=O)c2ccc(C)c(N3C=C(c4cncn4C(C)(C)C)NN3)c2)cc(C2(C)CC2)cc1NS(C)(=O)=O. The number of sulfonamides is 1. The number of anilines is 3. The normalized spacial score (nSPS) is 16.2. The number of hydrogen-bond acceptors (Lipinski definition) is 8. The molecule has 0 unspecified atom stereocenters. The quantitative estimate of drug-likeness (QED) is 0.308. The molecular formula is C29H37N7O4S. The van der Waals surface area contributed by atoms with E-state index in [2.05, 4.69) is 58.2 Å². The summed E-state index contributed by atoms with van der Waals surface area (Å²) in [5.74, 6) is -0.104. The van der Waals surface area contributed by atoms with E-state index in [0.29, 0.717) is 16.9 Å². The largest absolute Gasteiger partial charge is 0.492 e. The Morgan fingerprint density at radius 3 is 2.49 bits per heavy atom. The Morgan fingerprint density at radius 1 is 1.15 bits per heavy atom. The third-order valence-electron chi connectivity index (χ3n) is 7.47. The predicted octanol–water partition coefficient (Wildman–Crippen LogP) is 4.46. The summed E-state index contributed by atoms with van der Waals surface area (Å²) in [6.07, 6.45) is 8.59. The summed E-state index contributed by atoms with van der Waals surface area (Å²) in [5, 5.41) is 4.78. The highest BCUT2D eigenvalue weighted by atomic mass is 32.2. The number of hydrazine groups is 2. The number of benzene rings is 2. The van der Waals surface area contributed by atoms with Crippen molar-refractivity contribution >= 4 is 38.7 Å². The van der Waals surface area contributed by atoms with Crippen molar-refractivity contribution in [2.75, 3.05) is 28.4 Å². The fourth-order valence-corrected chi connectivity index (χ4v) is 5.40. The molecule has 0 radical (unpaired) electrons. The van der Waals surface area contributed by atoms with Gasteiger partial charge in [-0.1, -0.05) is 13.0 Å². The smallest absolute Gasteiger partial charge is 0.255 e. The number of hydrogen-bond donors (Lipinski definition) is 4. The minimum atomic E-state index is -3.57. The molecule has 4 N–H and O–H groups in total. The highest BCUT2D eigenvalue weighted by Crippen LogP contribution is 2.51. The molecular weight excluding hydrogens is 542 g/mol. The van der Waals surface area contributed by atoms with Gasteiger partial charge in [0.25, 0.3) is 5.91 Å². The minimum Gasteiger partial charge on any atom is -0.492 e. The van der Waals surface area contributed by atoms with Crippen molar-refractivity contribution in [3.63, 3.8) is 0 Å². The minimum absolute atomic E-state index is 0.0719. The first-order valence-electron chi connectivity index (χ1n) is 13.4. The van der Waals surface area contributed by atoms with E-state index in [9.17, 15) is 13.2 Å². The van der Waals surface area contributed by atoms with Crippen molar-refractivity contribution in [2.45, 2.75) is 58.4 Å². The molecule has 0 bridgehead atoms. The van der Waals surface area contributed by atoms with Gasteiger partial charge in [0, 0.05) is 11.1 Å². The number of imidazole rings is 1. The first kappa shape index (κ1) is 28.5. The summed E-state index contributed by atoms with van der Waals surface area (Å²) >= 11 is 0. The average Bonchev–Trinajstić information content (AvgIpc) is 3.26. The second-order valence-corrected chi connectivity index (χ2v) is 13.7. The number of amides is 1. The van der Waals surface area contributed by atoms with Crippen molar-refractivity contribution in [1.82, 2.24) is 20.5 Å². The van der Waals surface area contributed by atoms with Crippen LogP contribution in [-0.4, -0.2) is 37.2 Å². The number of methoxy groups -OCH3 is 1. The van der Waals surface area contributed by atoms with E-state index in [1.165, 1.54) is 7.11 Å². The van der Waals surface area contributed by atoms with Crippen molar-refractivity contribution in [3.05, 3.63) is 71.4 Å². The molecule has 2 aromatic carbocycles. The van der Waals surface area contributed by atoms with Crippen LogP contribution in [0, 0.1) is 6.92 Å². The third-order valence-corrected chi connectivity index (χ3v) is 8.06. The van der Waals surface area contributed by atoms with Gasteiger partial charge < -0.3 is 14.6 Å². The van der Waals surface area contributed by atoms with E-state index in [4.69, 9.17) is 4.74 Å². The molecule has 1 aromatic heterocycles. The maximum absolute atomic E-state index is 13.6. The topological polar surface area (TPSA) is 130 Å². The second kappa shape index (κ2) is 10.1. The lowest BCUT2D eigenvalue weighted by Crippen LogP contribution is -2.37. The number of rotatable bonds is 8. The number of nitrogens with zero attached hydrogens (tertiary/aromatic N) is 3. The molecule has 41 heavy (non-hydrogen) atoms. The Morgan fingerprint density at radius 2 is 1.85 bits per heavy atom. The molecule has 3 aromatic rings. The number of ether oxygens (including phenoxy) is 1. The van der Waals surface area contributed by atoms with Gasteiger partial charge in [0.1, 0.15) is 0 Å². The number of aromatic nitrogens is 2. The highest BCUT2D eigenvalue weighted by molar-refractivity contribution is 7.92. The van der Waals surface area contributed by atoms with Gasteiger partial charge in [-0.05, 0) is 81.3 Å². The van der Waals surface area contributed by atoms with Gasteiger partial charge in [0.05, 0.1) is 60.5 Å². The van der Waals surface area contributed by atoms with Crippen LogP contribution in [0.3, 0.4) is 0 Å². The van der Waals surface area contributed by atoms with Gasteiger partial charge in [0.2, 0.25) is 10.0 Å². The van der Waals surface area contributed by atoms with Crippen molar-refractivity contribution in [1.29, 1.82) is 0 Å². The monoisotopic (exact) mass is 579 g/mol. The maximum atomic E-state index is 13.6. The van der Waals surface area contributed by atoms with Crippen LogP contribution in [0.4, 0.5) is 17.1 Å². The predicted molar refractivity (Wildman–Crippen MR) is 161 cm³/mol. The number of carbonyl (C=O) groups is 1. The van der Waals surface area contributed by atoms with Gasteiger partial charge in [0.15, 0.2) is 5.75 Å². The fraction of sp³-hybridized carbons (Fsp3) is 0.379. The first-order valence-corrected chi connectivity index (χ1v) is 15.3. The first-order chi connectivity index (χ1) is 19.2. The maximum Gasteiger partial charge on any atom is 0.255 e. The average molecular weight is 580 g/mol. The number of carbonyl (C=O) groups excluding carboxylic acids is 1. The zero-order valence-corrected chi connectivity index (χ0v) is 25.2. The molecule has 12 heteroatoms. The summed E-state index contributed by atoms with van der Waals surface area (Å²) in [5.41, 5.74) is 11.7. The van der Waals surface area contributed by atoms with Crippen LogP contribution in [0.25, 0.3) is 5.70 Å². The van der Waals surface area contributed by atoms with Crippen LogP contribution in [0.2, 0.25) is 0 Å². The molecule has 2 aliphatic rings. The molecule has 1 saturated carbocycles. The molecule has 1 fully saturated rings. The lowest BCUT2D eigenvalue weighted by molar-refractivity contribution is 0.102. The molecule has 0 atom stereocenters. The van der Waals surface area contributed by atoms with Crippen LogP contribution in [0.15, 0.2) is 49.1 Å². The van der Waals surface area contributed by atoms with E-state index < -0.39 is 10.0 Å². The molecule has 0 spiro atoms. The zero-order chi connectivity index (χ0) is 29.7. The molecule has 5 rings (SSSR count). The Bertz CT molecular complexity index is 1650. The van der Waals surface area contributed by atoms with E-state index in [1.807, 2.05) is 36.5 Å². The molecule has 1 aliphatic heterocycles. The van der Waals surface area contributed by atoms with Crippen LogP contribution in [-0.2, 0) is 21.0 Å². The van der Waals surface area contributed by atoms with E-state index >= 15 is 0 Å².